The van der Waals surface area contributed by atoms with Gasteiger partial charge in [-0.25, -0.2) is 9.78 Å². The molecular formula is C25H31N5O3. The molecule has 4 rings (SSSR count). The fourth-order valence-corrected chi connectivity index (χ4v) is 4.10. The van der Waals surface area contributed by atoms with Crippen LogP contribution in [0.3, 0.4) is 0 Å². The summed E-state index contributed by atoms with van der Waals surface area (Å²) in [6, 6.07) is 11.2. The first-order valence-electron chi connectivity index (χ1n) is 11.3. The number of benzene rings is 1. The normalized spacial score (nSPS) is 15.0. The molecule has 0 amide bonds. The van der Waals surface area contributed by atoms with Gasteiger partial charge in [0.05, 0.1) is 24.1 Å². The van der Waals surface area contributed by atoms with Gasteiger partial charge in [-0.1, -0.05) is 12.1 Å². The SMILES string of the molecule is Cc1cccc(OCCCN2CCN(Cc3cnc(-c4cc(C(=O)O)ccn4)n3C)CC2)c1. The van der Waals surface area contributed by atoms with E-state index in [0.717, 1.165) is 63.7 Å². The maximum Gasteiger partial charge on any atom is 0.335 e. The molecule has 1 N–H and O–H groups in total. The largest absolute Gasteiger partial charge is 0.494 e. The Morgan fingerprint density at radius 1 is 1.09 bits per heavy atom. The lowest BCUT2D eigenvalue weighted by atomic mass is 10.2. The number of nitrogens with zero attached hydrogens (tertiary/aromatic N) is 5. The van der Waals surface area contributed by atoms with Crippen molar-refractivity contribution in [3.05, 3.63) is 65.6 Å². The summed E-state index contributed by atoms with van der Waals surface area (Å²) in [5, 5.41) is 9.23. The number of ether oxygens (including phenoxy) is 1. The van der Waals surface area contributed by atoms with Crippen LogP contribution in [0.2, 0.25) is 0 Å². The quantitative estimate of drug-likeness (QED) is 0.503. The molecule has 2 aromatic heterocycles. The van der Waals surface area contributed by atoms with E-state index in [9.17, 15) is 9.90 Å². The third-order valence-corrected chi connectivity index (χ3v) is 6.05. The number of carboxylic acid groups (broad SMARTS) is 1. The van der Waals surface area contributed by atoms with Gasteiger partial charge in [-0.3, -0.25) is 9.88 Å². The molecule has 8 heteroatoms. The lowest BCUT2D eigenvalue weighted by molar-refractivity contribution is 0.0697. The van der Waals surface area contributed by atoms with Crippen LogP contribution in [0.4, 0.5) is 0 Å². The van der Waals surface area contributed by atoms with Crippen molar-refractivity contribution >= 4 is 5.97 Å². The molecule has 1 aliphatic heterocycles. The Balaban J connectivity index is 1.23. The van der Waals surface area contributed by atoms with Crippen molar-refractivity contribution in [2.24, 2.45) is 7.05 Å². The van der Waals surface area contributed by atoms with Crippen LogP contribution in [0.15, 0.2) is 48.8 Å². The van der Waals surface area contributed by atoms with E-state index in [2.05, 4.69) is 38.8 Å². The van der Waals surface area contributed by atoms with Gasteiger partial charge in [-0.05, 0) is 43.2 Å². The molecule has 0 atom stereocenters. The molecule has 3 aromatic rings. The minimum atomic E-state index is -0.965. The topological polar surface area (TPSA) is 83.7 Å². The van der Waals surface area contributed by atoms with Crippen LogP contribution >= 0.6 is 0 Å². The van der Waals surface area contributed by atoms with Gasteiger partial charge < -0.3 is 19.3 Å². The van der Waals surface area contributed by atoms with Crippen molar-refractivity contribution in [2.75, 3.05) is 39.3 Å². The number of aromatic nitrogens is 3. The summed E-state index contributed by atoms with van der Waals surface area (Å²) < 4.78 is 7.87. The summed E-state index contributed by atoms with van der Waals surface area (Å²) in [5.74, 6) is 0.660. The number of carboxylic acids is 1. The fraction of sp³-hybridized carbons (Fsp3) is 0.400. The van der Waals surface area contributed by atoms with E-state index in [1.54, 1.807) is 6.07 Å². The van der Waals surface area contributed by atoms with Crippen LogP contribution in [-0.2, 0) is 13.6 Å². The van der Waals surface area contributed by atoms with Crippen LogP contribution in [-0.4, -0.2) is 74.7 Å². The predicted octanol–water partition coefficient (Wildman–Crippen LogP) is 3.08. The fourth-order valence-electron chi connectivity index (χ4n) is 4.10. The van der Waals surface area contributed by atoms with E-state index in [-0.39, 0.29) is 5.56 Å². The zero-order valence-corrected chi connectivity index (χ0v) is 19.3. The van der Waals surface area contributed by atoms with Crippen molar-refractivity contribution in [3.63, 3.8) is 0 Å². The van der Waals surface area contributed by atoms with E-state index in [1.807, 2.05) is 29.9 Å². The first-order valence-corrected chi connectivity index (χ1v) is 11.3. The highest BCUT2D eigenvalue weighted by Gasteiger charge is 2.19. The van der Waals surface area contributed by atoms with Crippen molar-refractivity contribution < 1.29 is 14.6 Å². The van der Waals surface area contributed by atoms with Crippen LogP contribution < -0.4 is 4.74 Å². The van der Waals surface area contributed by atoms with E-state index in [4.69, 9.17) is 4.74 Å². The number of aromatic carboxylic acids is 1. The number of pyridine rings is 1. The Morgan fingerprint density at radius 2 is 1.88 bits per heavy atom. The second-order valence-corrected chi connectivity index (χ2v) is 8.50. The maximum atomic E-state index is 11.3. The Kier molecular flexibility index (Phi) is 7.36. The number of aryl methyl sites for hydroxylation is 1. The molecule has 0 spiro atoms. The Labute approximate surface area is 194 Å². The highest BCUT2D eigenvalue weighted by atomic mass is 16.5. The van der Waals surface area contributed by atoms with Crippen LogP contribution in [0.25, 0.3) is 11.5 Å². The van der Waals surface area contributed by atoms with Crippen LogP contribution in [0, 0.1) is 6.92 Å². The minimum absolute atomic E-state index is 0.213. The van der Waals surface area contributed by atoms with E-state index in [0.29, 0.717) is 11.5 Å². The molecule has 0 saturated carbocycles. The number of piperazine rings is 1. The second-order valence-electron chi connectivity index (χ2n) is 8.50. The first-order chi connectivity index (χ1) is 16.0. The Morgan fingerprint density at radius 3 is 2.64 bits per heavy atom. The van der Waals surface area contributed by atoms with Gasteiger partial charge in [0.1, 0.15) is 11.4 Å². The van der Waals surface area contributed by atoms with E-state index in [1.165, 1.54) is 17.8 Å². The molecule has 1 aromatic carbocycles. The number of rotatable bonds is 9. The lowest BCUT2D eigenvalue weighted by Crippen LogP contribution is -2.46. The van der Waals surface area contributed by atoms with Gasteiger partial charge in [0, 0.05) is 52.5 Å². The molecule has 0 bridgehead atoms. The van der Waals surface area contributed by atoms with Gasteiger partial charge >= 0.3 is 5.97 Å². The number of carbonyl (C=O) groups is 1. The van der Waals surface area contributed by atoms with Gasteiger partial charge in [0.15, 0.2) is 5.82 Å². The Bertz CT molecular complexity index is 1090. The molecule has 0 aliphatic carbocycles. The smallest absolute Gasteiger partial charge is 0.335 e. The summed E-state index contributed by atoms with van der Waals surface area (Å²) in [6.45, 7) is 8.76. The van der Waals surface area contributed by atoms with E-state index < -0.39 is 5.97 Å². The zero-order valence-electron chi connectivity index (χ0n) is 19.3. The van der Waals surface area contributed by atoms with Crippen molar-refractivity contribution in [1.29, 1.82) is 0 Å². The molecule has 174 valence electrons. The average molecular weight is 450 g/mol. The zero-order chi connectivity index (χ0) is 23.2. The molecular weight excluding hydrogens is 418 g/mol. The molecule has 3 heterocycles. The third kappa shape index (κ3) is 5.97. The van der Waals surface area contributed by atoms with Crippen molar-refractivity contribution in [3.8, 4) is 17.3 Å². The third-order valence-electron chi connectivity index (χ3n) is 6.05. The molecule has 0 unspecified atom stereocenters. The Hall–Kier alpha value is -3.23. The minimum Gasteiger partial charge on any atom is -0.494 e. The maximum absolute atomic E-state index is 11.3. The monoisotopic (exact) mass is 449 g/mol. The first kappa shape index (κ1) is 22.9. The number of hydrogen-bond acceptors (Lipinski definition) is 6. The summed E-state index contributed by atoms with van der Waals surface area (Å²) >= 11 is 0. The summed E-state index contributed by atoms with van der Waals surface area (Å²) in [7, 11) is 1.96. The molecule has 0 radical (unpaired) electrons. The highest BCUT2D eigenvalue weighted by Crippen LogP contribution is 2.19. The van der Waals surface area contributed by atoms with Crippen molar-refractivity contribution in [1.82, 2.24) is 24.3 Å². The van der Waals surface area contributed by atoms with Crippen LogP contribution in [0.1, 0.15) is 28.0 Å². The van der Waals surface area contributed by atoms with Gasteiger partial charge in [-0.15, -0.1) is 0 Å². The lowest BCUT2D eigenvalue weighted by Gasteiger charge is -2.34. The molecule has 1 fully saturated rings. The average Bonchev–Trinajstić information content (AvgIpc) is 3.18. The standard InChI is InChI=1S/C25H31N5O3/c1-19-5-3-6-22(15-19)33-14-4-9-29-10-12-30(13-11-29)18-21-17-27-24(28(21)2)23-16-20(25(31)32)7-8-26-23/h3,5-8,15-17H,4,9-14,18H2,1-2H3,(H,31,32). The summed E-state index contributed by atoms with van der Waals surface area (Å²) in [6.07, 6.45) is 4.39. The molecule has 33 heavy (non-hydrogen) atoms. The highest BCUT2D eigenvalue weighted by molar-refractivity contribution is 5.88. The van der Waals surface area contributed by atoms with Gasteiger partial charge in [0.25, 0.3) is 0 Å². The van der Waals surface area contributed by atoms with E-state index >= 15 is 0 Å². The second kappa shape index (κ2) is 10.6. The summed E-state index contributed by atoms with van der Waals surface area (Å²) in [4.78, 5) is 25.0. The molecule has 8 nitrogen and oxygen atoms in total. The summed E-state index contributed by atoms with van der Waals surface area (Å²) in [5.41, 5.74) is 3.09. The number of hydrogen-bond donors (Lipinski definition) is 1. The van der Waals surface area contributed by atoms with Crippen LogP contribution in [0.5, 0.6) is 5.75 Å². The van der Waals surface area contributed by atoms with Crippen molar-refractivity contribution in [2.45, 2.75) is 19.9 Å². The predicted molar refractivity (Wildman–Crippen MR) is 126 cm³/mol. The molecule has 1 saturated heterocycles. The van der Waals surface area contributed by atoms with Gasteiger partial charge in [0.2, 0.25) is 0 Å². The number of imidazole rings is 1. The van der Waals surface area contributed by atoms with Gasteiger partial charge in [-0.2, -0.15) is 0 Å². The molecule has 1 aliphatic rings.